The van der Waals surface area contributed by atoms with Crippen molar-refractivity contribution in [3.8, 4) is 21.3 Å². The Morgan fingerprint density at radius 1 is 0.750 bits per heavy atom. The van der Waals surface area contributed by atoms with Crippen molar-refractivity contribution < 1.29 is 0 Å². The van der Waals surface area contributed by atoms with Crippen molar-refractivity contribution in [1.82, 2.24) is 0 Å². The van der Waals surface area contributed by atoms with Gasteiger partial charge >= 0.3 is 108 Å². The van der Waals surface area contributed by atoms with Crippen LogP contribution in [0.5, 0.6) is 0 Å². The number of hydrogen-bond acceptors (Lipinski definition) is 0. The first-order valence-electron chi connectivity index (χ1n) is 5.33. The van der Waals surface area contributed by atoms with Crippen LogP contribution in [-0.2, 0) is 0 Å². The van der Waals surface area contributed by atoms with Gasteiger partial charge in [-0.25, -0.2) is 0 Å². The molecule has 0 unspecified atom stereocenters. The monoisotopic (exact) mass is 332 g/mol. The SMILES string of the molecule is [CH3][Ge]([CH3])[C]#Cc1ccccc1C#[C][Ge]([CH3])[CH3]. The Hall–Kier alpha value is -0.574. The van der Waals surface area contributed by atoms with E-state index in [4.69, 9.17) is 0 Å². The molecule has 0 nitrogen and oxygen atoms in total. The topological polar surface area (TPSA) is 0 Å². The van der Waals surface area contributed by atoms with E-state index in [1.165, 1.54) is 0 Å². The van der Waals surface area contributed by atoms with Crippen molar-refractivity contribution in [2.24, 2.45) is 0 Å². The summed E-state index contributed by atoms with van der Waals surface area (Å²) in [5, 5.41) is 0. The second-order valence-corrected chi connectivity index (χ2v) is 13.5. The normalized spacial score (nSPS) is 9.38. The summed E-state index contributed by atoms with van der Waals surface area (Å²) >= 11 is -2.08. The van der Waals surface area contributed by atoms with Gasteiger partial charge in [0.2, 0.25) is 0 Å². The molecular weight excluding hydrogens is 313 g/mol. The van der Waals surface area contributed by atoms with Crippen LogP contribution in [0.2, 0.25) is 23.0 Å². The third kappa shape index (κ3) is 4.97. The molecule has 0 saturated heterocycles. The van der Waals surface area contributed by atoms with Crippen LogP contribution in [0.25, 0.3) is 0 Å². The second kappa shape index (κ2) is 6.89. The average molecular weight is 330 g/mol. The summed E-state index contributed by atoms with van der Waals surface area (Å²) in [4.78, 5) is 0. The zero-order valence-corrected chi connectivity index (χ0v) is 14.5. The van der Waals surface area contributed by atoms with E-state index in [0.29, 0.717) is 0 Å². The van der Waals surface area contributed by atoms with Crippen LogP contribution in [-0.4, -0.2) is 28.7 Å². The van der Waals surface area contributed by atoms with Crippen molar-refractivity contribution >= 4 is 28.7 Å². The van der Waals surface area contributed by atoms with E-state index >= 15 is 0 Å². The van der Waals surface area contributed by atoms with Gasteiger partial charge in [0, 0.05) is 0 Å². The Morgan fingerprint density at radius 3 is 1.44 bits per heavy atom. The first-order valence-corrected chi connectivity index (χ1v) is 15.8. The van der Waals surface area contributed by atoms with Crippen molar-refractivity contribution in [2.45, 2.75) is 23.0 Å². The third-order valence-corrected chi connectivity index (χ3v) is 4.44. The fraction of sp³-hybridized carbons (Fsp3) is 0.286. The van der Waals surface area contributed by atoms with Crippen LogP contribution in [0.1, 0.15) is 11.1 Å². The Labute approximate surface area is 108 Å². The summed E-state index contributed by atoms with van der Waals surface area (Å²) in [7, 11) is 0. The molecule has 0 aliphatic carbocycles. The van der Waals surface area contributed by atoms with E-state index in [2.05, 4.69) is 56.5 Å². The Morgan fingerprint density at radius 2 is 1.12 bits per heavy atom. The van der Waals surface area contributed by atoms with Crippen LogP contribution in [0.4, 0.5) is 0 Å². The van der Waals surface area contributed by atoms with Crippen LogP contribution in [0.15, 0.2) is 24.3 Å². The number of benzene rings is 1. The molecule has 0 atom stereocenters. The minimum absolute atomic E-state index is 1.04. The molecule has 0 fully saturated rings. The van der Waals surface area contributed by atoms with Crippen LogP contribution < -0.4 is 0 Å². The third-order valence-electron chi connectivity index (χ3n) is 1.82. The van der Waals surface area contributed by atoms with Gasteiger partial charge in [-0.3, -0.25) is 0 Å². The van der Waals surface area contributed by atoms with Crippen molar-refractivity contribution in [3.63, 3.8) is 0 Å². The molecule has 0 N–H and O–H groups in total. The zero-order chi connectivity index (χ0) is 12.0. The van der Waals surface area contributed by atoms with Gasteiger partial charge < -0.3 is 0 Å². The fourth-order valence-corrected chi connectivity index (χ4v) is 2.70. The first kappa shape index (κ1) is 13.5. The Bertz CT molecular complexity index is 420. The van der Waals surface area contributed by atoms with E-state index in [9.17, 15) is 0 Å². The molecule has 0 amide bonds. The quantitative estimate of drug-likeness (QED) is 0.507. The van der Waals surface area contributed by atoms with Gasteiger partial charge in [0.1, 0.15) is 0 Å². The van der Waals surface area contributed by atoms with E-state index in [0.717, 1.165) is 11.1 Å². The van der Waals surface area contributed by atoms with E-state index in [1.807, 2.05) is 12.1 Å². The molecule has 0 aliphatic rings. The Kier molecular flexibility index (Phi) is 5.81. The molecule has 0 spiro atoms. The zero-order valence-electron chi connectivity index (χ0n) is 10.3. The average Bonchev–Trinajstić information content (AvgIpc) is 2.24. The fourth-order valence-electron chi connectivity index (χ4n) is 1.09. The molecule has 0 aliphatic heterocycles. The summed E-state index contributed by atoms with van der Waals surface area (Å²) in [6.45, 7) is 0. The van der Waals surface area contributed by atoms with E-state index < -0.39 is 28.7 Å². The van der Waals surface area contributed by atoms with Crippen molar-refractivity contribution in [2.75, 3.05) is 0 Å². The first-order chi connectivity index (χ1) is 7.59. The second-order valence-electron chi connectivity index (χ2n) is 4.05. The van der Waals surface area contributed by atoms with Gasteiger partial charge in [0.05, 0.1) is 0 Å². The van der Waals surface area contributed by atoms with Crippen LogP contribution in [0.3, 0.4) is 0 Å². The van der Waals surface area contributed by atoms with Gasteiger partial charge in [-0.05, 0) is 0 Å². The molecule has 0 heterocycles. The summed E-state index contributed by atoms with van der Waals surface area (Å²) < 4.78 is 6.70. The molecule has 0 saturated carbocycles. The van der Waals surface area contributed by atoms with Crippen molar-refractivity contribution in [1.29, 1.82) is 0 Å². The predicted molar refractivity (Wildman–Crippen MR) is 75.2 cm³/mol. The summed E-state index contributed by atoms with van der Waals surface area (Å²) in [5.41, 5.74) is 2.20. The van der Waals surface area contributed by atoms with E-state index in [1.54, 1.807) is 0 Å². The van der Waals surface area contributed by atoms with Gasteiger partial charge in [-0.1, -0.05) is 0 Å². The van der Waals surface area contributed by atoms with Gasteiger partial charge in [-0.15, -0.1) is 0 Å². The number of rotatable bonds is 0. The molecule has 0 aromatic heterocycles. The Balaban J connectivity index is 3.04. The van der Waals surface area contributed by atoms with Crippen LogP contribution >= 0.6 is 0 Å². The van der Waals surface area contributed by atoms with Crippen LogP contribution in [0, 0.1) is 21.3 Å². The van der Waals surface area contributed by atoms with Gasteiger partial charge in [0.15, 0.2) is 0 Å². The predicted octanol–water partition coefficient (Wildman–Crippen LogP) is 2.98. The molecule has 16 heavy (non-hydrogen) atoms. The molecule has 0 bridgehead atoms. The van der Waals surface area contributed by atoms with E-state index in [-0.39, 0.29) is 0 Å². The number of hydrogen-bond donors (Lipinski definition) is 0. The summed E-state index contributed by atoms with van der Waals surface area (Å²) in [5.74, 6) is 15.6. The molecule has 2 heteroatoms. The molecular formula is C14H16Ge2. The molecule has 1 aromatic carbocycles. The van der Waals surface area contributed by atoms with Gasteiger partial charge in [-0.2, -0.15) is 0 Å². The maximum atomic E-state index is 3.35. The molecule has 2 radical (unpaired) electrons. The molecule has 1 rings (SSSR count). The summed E-state index contributed by atoms with van der Waals surface area (Å²) in [6, 6.07) is 8.22. The molecule has 80 valence electrons. The maximum absolute atomic E-state index is 3.35. The summed E-state index contributed by atoms with van der Waals surface area (Å²) in [6.07, 6.45) is 0. The standard InChI is InChI=1S/C14H16Ge2/c1-15(2)11-9-13-7-5-6-8-14(13)10-12-16(3)4/h5-8H,1-4H3. The molecule has 1 aromatic rings. The van der Waals surface area contributed by atoms with Crippen molar-refractivity contribution in [3.05, 3.63) is 35.4 Å². The minimum atomic E-state index is -1.04. The van der Waals surface area contributed by atoms with Gasteiger partial charge in [0.25, 0.3) is 0 Å².